The summed E-state index contributed by atoms with van der Waals surface area (Å²) in [6.45, 7) is 1.76. The van der Waals surface area contributed by atoms with Crippen molar-refractivity contribution in [3.8, 4) is 0 Å². The second kappa shape index (κ2) is 2.88. The van der Waals surface area contributed by atoms with Crippen molar-refractivity contribution in [1.29, 1.82) is 0 Å². The van der Waals surface area contributed by atoms with Gasteiger partial charge in [0.25, 0.3) is 0 Å². The maximum absolute atomic E-state index is 5.70. The molecule has 2 rings (SSSR count). The molecule has 0 saturated carbocycles. The zero-order valence-corrected chi connectivity index (χ0v) is 7.33. The highest BCUT2D eigenvalue weighted by atomic mass is 15.2. The van der Waals surface area contributed by atoms with Crippen LogP contribution in [0.5, 0.6) is 0 Å². The van der Waals surface area contributed by atoms with Crippen molar-refractivity contribution >= 4 is 0 Å². The van der Waals surface area contributed by atoms with Gasteiger partial charge in [-0.3, -0.25) is 4.90 Å². The van der Waals surface area contributed by atoms with Crippen molar-refractivity contribution in [2.45, 2.75) is 12.6 Å². The van der Waals surface area contributed by atoms with E-state index in [9.17, 15) is 0 Å². The molecule has 0 bridgehead atoms. The van der Waals surface area contributed by atoms with E-state index in [-0.39, 0.29) is 0 Å². The van der Waals surface area contributed by atoms with Crippen molar-refractivity contribution in [3.63, 3.8) is 0 Å². The van der Waals surface area contributed by atoms with Crippen LogP contribution >= 0.6 is 0 Å². The lowest BCUT2D eigenvalue weighted by Gasteiger charge is -2.17. The SMILES string of the molecule is CN1Cc2ccccc2[C@@H]1CN. The highest BCUT2D eigenvalue weighted by Gasteiger charge is 2.24. The average Bonchev–Trinajstić information content (AvgIpc) is 2.40. The Bertz CT molecular complexity index is 283. The summed E-state index contributed by atoms with van der Waals surface area (Å²) in [5, 5.41) is 0. The Hall–Kier alpha value is -0.860. The van der Waals surface area contributed by atoms with Crippen LogP contribution in [0.2, 0.25) is 0 Å². The first-order valence-electron chi connectivity index (χ1n) is 4.31. The van der Waals surface area contributed by atoms with Gasteiger partial charge in [0.1, 0.15) is 0 Å². The Balaban J connectivity index is 2.40. The Morgan fingerprint density at radius 2 is 2.25 bits per heavy atom. The third-order valence-corrected chi connectivity index (χ3v) is 2.59. The number of hydrogen-bond donors (Lipinski definition) is 1. The normalized spacial score (nSPS) is 22.7. The molecule has 1 aliphatic rings. The maximum atomic E-state index is 5.70. The molecule has 0 aliphatic carbocycles. The van der Waals surface area contributed by atoms with Crippen LogP contribution in [0, 0.1) is 0 Å². The van der Waals surface area contributed by atoms with Gasteiger partial charge in [0.15, 0.2) is 0 Å². The van der Waals surface area contributed by atoms with E-state index in [4.69, 9.17) is 5.73 Å². The summed E-state index contributed by atoms with van der Waals surface area (Å²) in [6, 6.07) is 8.96. The Kier molecular flexibility index (Phi) is 1.87. The molecule has 12 heavy (non-hydrogen) atoms. The van der Waals surface area contributed by atoms with Gasteiger partial charge in [-0.05, 0) is 18.2 Å². The minimum Gasteiger partial charge on any atom is -0.329 e. The molecule has 1 heterocycles. The van der Waals surface area contributed by atoms with Crippen molar-refractivity contribution < 1.29 is 0 Å². The molecule has 0 aromatic heterocycles. The standard InChI is InChI=1S/C10H14N2/c1-12-7-8-4-2-3-5-9(8)10(12)6-11/h2-5,10H,6-7,11H2,1H3/t10-/m0/s1. The minimum atomic E-state index is 0.432. The summed E-state index contributed by atoms with van der Waals surface area (Å²) >= 11 is 0. The average molecular weight is 162 g/mol. The van der Waals surface area contributed by atoms with E-state index in [1.807, 2.05) is 0 Å². The lowest BCUT2D eigenvalue weighted by atomic mass is 10.1. The molecule has 0 fully saturated rings. The third kappa shape index (κ3) is 1.04. The monoisotopic (exact) mass is 162 g/mol. The van der Waals surface area contributed by atoms with Crippen LogP contribution in [0.4, 0.5) is 0 Å². The quantitative estimate of drug-likeness (QED) is 0.670. The number of nitrogens with zero attached hydrogens (tertiary/aromatic N) is 1. The van der Waals surface area contributed by atoms with Gasteiger partial charge in [-0.15, -0.1) is 0 Å². The predicted molar refractivity (Wildman–Crippen MR) is 49.7 cm³/mol. The lowest BCUT2D eigenvalue weighted by molar-refractivity contribution is 0.274. The summed E-state index contributed by atoms with van der Waals surface area (Å²) in [5.41, 5.74) is 8.53. The first-order valence-corrected chi connectivity index (χ1v) is 4.31. The summed E-state index contributed by atoms with van der Waals surface area (Å²) in [7, 11) is 2.12. The van der Waals surface area contributed by atoms with Crippen LogP contribution in [-0.4, -0.2) is 18.5 Å². The molecule has 0 saturated heterocycles. The van der Waals surface area contributed by atoms with Crippen LogP contribution in [0.3, 0.4) is 0 Å². The molecule has 64 valence electrons. The molecular weight excluding hydrogens is 148 g/mol. The van der Waals surface area contributed by atoms with E-state index in [1.54, 1.807) is 0 Å². The topological polar surface area (TPSA) is 29.3 Å². The minimum absolute atomic E-state index is 0.432. The second-order valence-corrected chi connectivity index (χ2v) is 3.37. The van der Waals surface area contributed by atoms with Crippen LogP contribution < -0.4 is 5.73 Å². The summed E-state index contributed by atoms with van der Waals surface area (Å²) in [4.78, 5) is 2.30. The fourth-order valence-electron chi connectivity index (χ4n) is 1.93. The molecule has 2 heteroatoms. The molecule has 0 unspecified atom stereocenters. The molecule has 1 aromatic rings. The summed E-state index contributed by atoms with van der Waals surface area (Å²) in [6.07, 6.45) is 0. The van der Waals surface area contributed by atoms with Gasteiger partial charge in [0, 0.05) is 19.1 Å². The Labute approximate surface area is 73.0 Å². The predicted octanol–water partition coefficient (Wildman–Crippen LogP) is 1.13. The van der Waals surface area contributed by atoms with Crippen LogP contribution in [0.15, 0.2) is 24.3 Å². The third-order valence-electron chi connectivity index (χ3n) is 2.59. The van der Waals surface area contributed by atoms with Crippen LogP contribution in [-0.2, 0) is 6.54 Å². The molecule has 1 aliphatic heterocycles. The molecule has 0 spiro atoms. The number of rotatable bonds is 1. The van der Waals surface area contributed by atoms with Crippen molar-refractivity contribution in [2.75, 3.05) is 13.6 Å². The number of likely N-dealkylation sites (N-methyl/N-ethyl adjacent to an activating group) is 1. The highest BCUT2D eigenvalue weighted by Crippen LogP contribution is 2.30. The van der Waals surface area contributed by atoms with Gasteiger partial charge in [0.2, 0.25) is 0 Å². The number of fused-ring (bicyclic) bond motifs is 1. The summed E-state index contributed by atoms with van der Waals surface area (Å²) < 4.78 is 0. The van der Waals surface area contributed by atoms with E-state index in [0.29, 0.717) is 12.6 Å². The van der Waals surface area contributed by atoms with E-state index >= 15 is 0 Å². The van der Waals surface area contributed by atoms with E-state index < -0.39 is 0 Å². The molecule has 2 nitrogen and oxygen atoms in total. The Morgan fingerprint density at radius 3 is 3.00 bits per heavy atom. The number of hydrogen-bond acceptors (Lipinski definition) is 2. The van der Waals surface area contributed by atoms with E-state index in [0.717, 1.165) is 6.54 Å². The van der Waals surface area contributed by atoms with Gasteiger partial charge in [0.05, 0.1) is 0 Å². The molecule has 0 radical (unpaired) electrons. The first-order chi connectivity index (χ1) is 5.83. The maximum Gasteiger partial charge on any atom is 0.0474 e. The molecule has 1 aromatic carbocycles. The van der Waals surface area contributed by atoms with Crippen molar-refractivity contribution in [2.24, 2.45) is 5.73 Å². The van der Waals surface area contributed by atoms with Gasteiger partial charge in [-0.1, -0.05) is 24.3 Å². The number of nitrogens with two attached hydrogens (primary N) is 1. The fraction of sp³-hybridized carbons (Fsp3) is 0.400. The molecular formula is C10H14N2. The zero-order valence-electron chi connectivity index (χ0n) is 7.33. The molecule has 0 amide bonds. The van der Waals surface area contributed by atoms with E-state index in [2.05, 4.69) is 36.2 Å². The van der Waals surface area contributed by atoms with Gasteiger partial charge >= 0.3 is 0 Å². The fourth-order valence-corrected chi connectivity index (χ4v) is 1.93. The van der Waals surface area contributed by atoms with Gasteiger partial charge < -0.3 is 5.73 Å². The lowest BCUT2D eigenvalue weighted by Crippen LogP contribution is -2.23. The zero-order chi connectivity index (χ0) is 8.55. The smallest absolute Gasteiger partial charge is 0.0474 e. The first kappa shape index (κ1) is 7.77. The van der Waals surface area contributed by atoms with Crippen molar-refractivity contribution in [3.05, 3.63) is 35.4 Å². The molecule has 2 N–H and O–H groups in total. The largest absolute Gasteiger partial charge is 0.329 e. The molecule has 1 atom stereocenters. The van der Waals surface area contributed by atoms with Crippen molar-refractivity contribution in [1.82, 2.24) is 4.90 Å². The Morgan fingerprint density at radius 1 is 1.50 bits per heavy atom. The second-order valence-electron chi connectivity index (χ2n) is 3.37. The van der Waals surface area contributed by atoms with Gasteiger partial charge in [-0.25, -0.2) is 0 Å². The van der Waals surface area contributed by atoms with Crippen LogP contribution in [0.25, 0.3) is 0 Å². The number of benzene rings is 1. The van der Waals surface area contributed by atoms with Gasteiger partial charge in [-0.2, -0.15) is 0 Å². The van der Waals surface area contributed by atoms with E-state index in [1.165, 1.54) is 11.1 Å². The highest BCUT2D eigenvalue weighted by molar-refractivity contribution is 5.33. The van der Waals surface area contributed by atoms with Crippen LogP contribution in [0.1, 0.15) is 17.2 Å². The summed E-state index contributed by atoms with van der Waals surface area (Å²) in [5.74, 6) is 0.